The SMILES string of the molecule is COC(=O)[C@H](CCc1ccccc1)NC(=O)[C@H](OC)c1ccccc1. The van der Waals surface area contributed by atoms with Crippen LogP contribution in [0.2, 0.25) is 0 Å². The Bertz CT molecular complexity index is 673. The van der Waals surface area contributed by atoms with Crippen LogP contribution in [0.3, 0.4) is 0 Å². The average molecular weight is 341 g/mol. The van der Waals surface area contributed by atoms with Crippen LogP contribution in [0.25, 0.3) is 0 Å². The number of ether oxygens (including phenoxy) is 2. The molecule has 2 aromatic carbocycles. The zero-order chi connectivity index (χ0) is 18.1. The van der Waals surface area contributed by atoms with Crippen LogP contribution >= 0.6 is 0 Å². The maximum Gasteiger partial charge on any atom is 0.328 e. The number of aryl methyl sites for hydroxylation is 1. The molecule has 0 spiro atoms. The Morgan fingerprint density at radius 1 is 0.960 bits per heavy atom. The Kier molecular flexibility index (Phi) is 7.16. The molecular weight excluding hydrogens is 318 g/mol. The molecule has 0 fully saturated rings. The molecule has 0 unspecified atom stereocenters. The van der Waals surface area contributed by atoms with Crippen molar-refractivity contribution in [2.24, 2.45) is 0 Å². The maximum absolute atomic E-state index is 12.6. The molecule has 0 aliphatic carbocycles. The minimum Gasteiger partial charge on any atom is -0.467 e. The molecule has 0 saturated heterocycles. The molecule has 5 nitrogen and oxygen atoms in total. The first-order chi connectivity index (χ1) is 12.2. The van der Waals surface area contributed by atoms with Gasteiger partial charge < -0.3 is 14.8 Å². The summed E-state index contributed by atoms with van der Waals surface area (Å²) >= 11 is 0. The molecule has 132 valence electrons. The number of rotatable bonds is 8. The van der Waals surface area contributed by atoms with Crippen LogP contribution in [0.15, 0.2) is 60.7 Å². The van der Waals surface area contributed by atoms with Crippen molar-refractivity contribution in [2.45, 2.75) is 25.0 Å². The number of hydrogen-bond acceptors (Lipinski definition) is 4. The van der Waals surface area contributed by atoms with Crippen molar-refractivity contribution in [3.8, 4) is 0 Å². The van der Waals surface area contributed by atoms with Crippen LogP contribution in [-0.4, -0.2) is 32.1 Å². The summed E-state index contributed by atoms with van der Waals surface area (Å²) in [5, 5.41) is 2.75. The Hall–Kier alpha value is -2.66. The number of esters is 1. The zero-order valence-corrected chi connectivity index (χ0v) is 14.5. The number of benzene rings is 2. The molecule has 0 aliphatic heterocycles. The summed E-state index contributed by atoms with van der Waals surface area (Å²) in [6, 6.07) is 18.2. The van der Waals surface area contributed by atoms with Crippen LogP contribution < -0.4 is 5.32 Å². The fourth-order valence-electron chi connectivity index (χ4n) is 2.62. The van der Waals surface area contributed by atoms with Crippen LogP contribution in [-0.2, 0) is 25.5 Å². The van der Waals surface area contributed by atoms with Crippen LogP contribution in [0.4, 0.5) is 0 Å². The first kappa shape index (κ1) is 18.7. The van der Waals surface area contributed by atoms with Gasteiger partial charge in [-0.25, -0.2) is 4.79 Å². The van der Waals surface area contributed by atoms with Gasteiger partial charge in [0.15, 0.2) is 6.10 Å². The fraction of sp³-hybridized carbons (Fsp3) is 0.300. The number of methoxy groups -OCH3 is 2. The molecular formula is C20H23NO4. The van der Waals surface area contributed by atoms with E-state index in [4.69, 9.17) is 9.47 Å². The topological polar surface area (TPSA) is 64.6 Å². The van der Waals surface area contributed by atoms with Gasteiger partial charge >= 0.3 is 5.97 Å². The second-order valence-electron chi connectivity index (χ2n) is 5.64. The monoisotopic (exact) mass is 341 g/mol. The second-order valence-corrected chi connectivity index (χ2v) is 5.64. The van der Waals surface area contributed by atoms with E-state index in [1.807, 2.05) is 60.7 Å². The highest BCUT2D eigenvalue weighted by Gasteiger charge is 2.26. The van der Waals surface area contributed by atoms with Gasteiger partial charge in [-0.05, 0) is 24.0 Å². The van der Waals surface area contributed by atoms with E-state index in [1.165, 1.54) is 14.2 Å². The molecule has 2 rings (SSSR count). The lowest BCUT2D eigenvalue weighted by atomic mass is 10.0. The van der Waals surface area contributed by atoms with Crippen LogP contribution in [0.1, 0.15) is 23.7 Å². The average Bonchev–Trinajstić information content (AvgIpc) is 2.66. The number of carbonyl (C=O) groups is 2. The molecule has 2 aromatic rings. The number of amides is 1. The molecule has 25 heavy (non-hydrogen) atoms. The van der Waals surface area contributed by atoms with Crippen molar-refractivity contribution >= 4 is 11.9 Å². The van der Waals surface area contributed by atoms with E-state index in [1.54, 1.807) is 0 Å². The van der Waals surface area contributed by atoms with Crippen molar-refractivity contribution in [1.29, 1.82) is 0 Å². The molecule has 0 radical (unpaired) electrons. The molecule has 2 atom stereocenters. The van der Waals surface area contributed by atoms with Gasteiger partial charge in [-0.2, -0.15) is 0 Å². The smallest absolute Gasteiger partial charge is 0.328 e. The number of hydrogen-bond donors (Lipinski definition) is 1. The molecule has 5 heteroatoms. The van der Waals surface area contributed by atoms with Gasteiger partial charge in [0.25, 0.3) is 5.91 Å². The fourth-order valence-corrected chi connectivity index (χ4v) is 2.62. The Labute approximate surface area is 148 Å². The van der Waals surface area contributed by atoms with Crippen LogP contribution in [0.5, 0.6) is 0 Å². The summed E-state index contributed by atoms with van der Waals surface area (Å²) in [6.07, 6.45) is 0.336. The summed E-state index contributed by atoms with van der Waals surface area (Å²) in [5.74, 6) is -0.829. The van der Waals surface area contributed by atoms with Gasteiger partial charge in [0.2, 0.25) is 0 Å². The summed E-state index contributed by atoms with van der Waals surface area (Å²) in [7, 11) is 2.78. The molecule has 0 aromatic heterocycles. The van der Waals surface area contributed by atoms with E-state index in [9.17, 15) is 9.59 Å². The number of nitrogens with one attached hydrogen (secondary N) is 1. The molecule has 0 bridgehead atoms. The van der Waals surface area contributed by atoms with E-state index < -0.39 is 18.1 Å². The van der Waals surface area contributed by atoms with E-state index in [0.29, 0.717) is 12.8 Å². The van der Waals surface area contributed by atoms with Crippen molar-refractivity contribution in [2.75, 3.05) is 14.2 Å². The van der Waals surface area contributed by atoms with Crippen molar-refractivity contribution in [3.05, 3.63) is 71.8 Å². The Morgan fingerprint density at radius 2 is 1.56 bits per heavy atom. The Morgan fingerprint density at radius 3 is 2.12 bits per heavy atom. The van der Waals surface area contributed by atoms with Gasteiger partial charge in [-0.15, -0.1) is 0 Å². The summed E-state index contributed by atoms with van der Waals surface area (Å²) in [6.45, 7) is 0. The van der Waals surface area contributed by atoms with Crippen LogP contribution in [0, 0.1) is 0 Å². The summed E-state index contributed by atoms with van der Waals surface area (Å²) < 4.78 is 10.1. The number of carbonyl (C=O) groups excluding carboxylic acids is 2. The minimum atomic E-state index is -0.773. The highest BCUT2D eigenvalue weighted by atomic mass is 16.5. The highest BCUT2D eigenvalue weighted by Crippen LogP contribution is 2.17. The van der Waals surface area contributed by atoms with E-state index in [0.717, 1.165) is 11.1 Å². The maximum atomic E-state index is 12.6. The Balaban J connectivity index is 2.05. The predicted octanol–water partition coefficient (Wildman–Crippen LogP) is 2.66. The highest BCUT2D eigenvalue weighted by molar-refractivity contribution is 5.87. The third kappa shape index (κ3) is 5.43. The lowest BCUT2D eigenvalue weighted by Gasteiger charge is -2.21. The van der Waals surface area contributed by atoms with E-state index in [-0.39, 0.29) is 5.91 Å². The quantitative estimate of drug-likeness (QED) is 0.750. The van der Waals surface area contributed by atoms with Crippen molar-refractivity contribution in [1.82, 2.24) is 5.32 Å². The molecule has 1 amide bonds. The third-order valence-corrected chi connectivity index (χ3v) is 3.94. The first-order valence-corrected chi connectivity index (χ1v) is 8.15. The van der Waals surface area contributed by atoms with Gasteiger partial charge in [0, 0.05) is 7.11 Å². The zero-order valence-electron chi connectivity index (χ0n) is 14.5. The lowest BCUT2D eigenvalue weighted by Crippen LogP contribution is -2.44. The van der Waals surface area contributed by atoms with Gasteiger partial charge in [0.05, 0.1) is 7.11 Å². The molecule has 0 aliphatic rings. The van der Waals surface area contributed by atoms with E-state index >= 15 is 0 Å². The second kappa shape index (κ2) is 9.59. The molecule has 1 N–H and O–H groups in total. The summed E-state index contributed by atoms with van der Waals surface area (Å²) in [4.78, 5) is 24.6. The minimum absolute atomic E-state index is 0.364. The molecule has 0 saturated carbocycles. The third-order valence-electron chi connectivity index (χ3n) is 3.94. The standard InChI is InChI=1S/C20H23NO4/c1-24-18(16-11-7-4-8-12-16)19(22)21-17(20(23)25-2)14-13-15-9-5-3-6-10-15/h3-12,17-18H,13-14H2,1-2H3,(H,21,22)/t17-,18+/m0/s1. The predicted molar refractivity (Wildman–Crippen MR) is 94.9 cm³/mol. The summed E-state index contributed by atoms with van der Waals surface area (Å²) in [5.41, 5.74) is 1.83. The van der Waals surface area contributed by atoms with Gasteiger partial charge in [0.1, 0.15) is 6.04 Å². The lowest BCUT2D eigenvalue weighted by molar-refractivity contribution is -0.147. The van der Waals surface area contributed by atoms with E-state index in [2.05, 4.69) is 5.32 Å². The molecule has 0 heterocycles. The normalized spacial score (nSPS) is 12.9. The van der Waals surface area contributed by atoms with Gasteiger partial charge in [-0.3, -0.25) is 4.79 Å². The van der Waals surface area contributed by atoms with Gasteiger partial charge in [-0.1, -0.05) is 60.7 Å². The van der Waals surface area contributed by atoms with Crippen molar-refractivity contribution in [3.63, 3.8) is 0 Å². The largest absolute Gasteiger partial charge is 0.467 e. The first-order valence-electron chi connectivity index (χ1n) is 8.15. The van der Waals surface area contributed by atoms with Crippen molar-refractivity contribution < 1.29 is 19.1 Å².